The molecule has 0 aliphatic carbocycles. The Morgan fingerprint density at radius 1 is 1.17 bits per heavy atom. The summed E-state index contributed by atoms with van der Waals surface area (Å²) in [6, 6.07) is 12.4. The van der Waals surface area contributed by atoms with Crippen LogP contribution in [-0.4, -0.2) is 35.5 Å². The van der Waals surface area contributed by atoms with Gasteiger partial charge in [-0.25, -0.2) is 4.68 Å². The van der Waals surface area contributed by atoms with Crippen molar-refractivity contribution in [2.24, 2.45) is 0 Å². The first-order chi connectivity index (χ1) is 13.9. The number of hydrogen-bond donors (Lipinski definition) is 1. The van der Waals surface area contributed by atoms with Crippen LogP contribution >= 0.6 is 11.6 Å². The molecule has 2 aromatic carbocycles. The van der Waals surface area contributed by atoms with Crippen LogP contribution in [0.15, 0.2) is 54.9 Å². The molecule has 0 saturated heterocycles. The predicted octanol–water partition coefficient (Wildman–Crippen LogP) is 4.65. The molecule has 2 heterocycles. The zero-order chi connectivity index (χ0) is 20.5. The summed E-state index contributed by atoms with van der Waals surface area (Å²) >= 11 is 5.97. The van der Waals surface area contributed by atoms with E-state index in [2.05, 4.69) is 20.1 Å². The lowest BCUT2D eigenvalue weighted by Gasteiger charge is -2.25. The molecule has 0 saturated carbocycles. The Labute approximate surface area is 171 Å². The van der Waals surface area contributed by atoms with Crippen LogP contribution in [0.5, 0.6) is 5.75 Å². The molecule has 29 heavy (non-hydrogen) atoms. The van der Waals surface area contributed by atoms with Crippen molar-refractivity contribution in [1.29, 1.82) is 0 Å². The lowest BCUT2D eigenvalue weighted by molar-refractivity contribution is -0.0500. The Balaban J connectivity index is 1.78. The van der Waals surface area contributed by atoms with Crippen LogP contribution in [0.25, 0.3) is 5.70 Å². The van der Waals surface area contributed by atoms with Gasteiger partial charge in [0.05, 0.1) is 5.70 Å². The summed E-state index contributed by atoms with van der Waals surface area (Å²) in [5.74, 6) is 0.489. The second-order valence-corrected chi connectivity index (χ2v) is 7.12. The van der Waals surface area contributed by atoms with Gasteiger partial charge in [-0.15, -0.1) is 0 Å². The van der Waals surface area contributed by atoms with Crippen molar-refractivity contribution in [3.05, 3.63) is 71.0 Å². The van der Waals surface area contributed by atoms with Gasteiger partial charge in [-0.05, 0) is 42.0 Å². The molecule has 0 radical (unpaired) electrons. The van der Waals surface area contributed by atoms with Crippen LogP contribution in [0.2, 0.25) is 5.02 Å². The number of fused-ring (bicyclic) bond motifs is 1. The van der Waals surface area contributed by atoms with E-state index in [1.165, 1.54) is 12.4 Å². The van der Waals surface area contributed by atoms with Crippen molar-refractivity contribution >= 4 is 28.9 Å². The first-order valence-electron chi connectivity index (χ1n) is 8.83. The van der Waals surface area contributed by atoms with E-state index in [9.17, 15) is 8.78 Å². The largest absolute Gasteiger partial charge is 0.434 e. The Morgan fingerprint density at radius 3 is 2.62 bits per heavy atom. The van der Waals surface area contributed by atoms with Crippen molar-refractivity contribution in [3.8, 4) is 5.75 Å². The van der Waals surface area contributed by atoms with Crippen molar-refractivity contribution in [2.75, 3.05) is 24.3 Å². The van der Waals surface area contributed by atoms with Gasteiger partial charge in [-0.3, -0.25) is 0 Å². The summed E-state index contributed by atoms with van der Waals surface area (Å²) in [4.78, 5) is 6.25. The molecule has 6 nitrogen and oxygen atoms in total. The average Bonchev–Trinajstić information content (AvgIpc) is 3.15. The van der Waals surface area contributed by atoms with Crippen LogP contribution in [0.1, 0.15) is 17.2 Å². The molecule has 0 unspecified atom stereocenters. The summed E-state index contributed by atoms with van der Waals surface area (Å²) in [7, 11) is 3.94. The van der Waals surface area contributed by atoms with Crippen molar-refractivity contribution in [2.45, 2.75) is 12.7 Å². The number of ether oxygens (including phenoxy) is 1. The normalized spacial score (nSPS) is 15.5. The fraction of sp³-hybridized carbons (Fsp3) is 0.200. The van der Waals surface area contributed by atoms with Crippen molar-refractivity contribution in [1.82, 2.24) is 14.8 Å². The second-order valence-electron chi connectivity index (χ2n) is 6.68. The molecular formula is C20H18ClF2N5O. The summed E-state index contributed by atoms with van der Waals surface area (Å²) in [5.41, 5.74) is 3.08. The van der Waals surface area contributed by atoms with Crippen molar-refractivity contribution < 1.29 is 13.5 Å². The van der Waals surface area contributed by atoms with Gasteiger partial charge in [-0.2, -0.15) is 18.9 Å². The van der Waals surface area contributed by atoms with E-state index in [1.807, 2.05) is 49.3 Å². The highest BCUT2D eigenvalue weighted by molar-refractivity contribution is 6.30. The van der Waals surface area contributed by atoms with Gasteiger partial charge in [0.1, 0.15) is 18.1 Å². The number of aromatic nitrogens is 3. The second kappa shape index (κ2) is 7.71. The minimum absolute atomic E-state index is 0.0130. The van der Waals surface area contributed by atoms with E-state index in [0.29, 0.717) is 22.2 Å². The third-order valence-electron chi connectivity index (χ3n) is 4.61. The number of nitrogens with one attached hydrogen (secondary N) is 1. The maximum atomic E-state index is 12.9. The highest BCUT2D eigenvalue weighted by atomic mass is 35.5. The number of alkyl halides is 2. The zero-order valence-electron chi connectivity index (χ0n) is 15.7. The van der Waals surface area contributed by atoms with E-state index in [4.69, 9.17) is 11.6 Å². The minimum Gasteiger partial charge on any atom is -0.434 e. The SMILES string of the molecule is CN(C)c1ccc([C@@H]2C=C(c3ccc(Cl)cc3OC(F)F)Nc3ncnn32)cc1. The standard InChI is InChI=1S/C20H18ClF2N5O/c1-27(2)14-6-3-12(4-7-14)17-10-16(26-20-24-11-25-28(17)20)15-8-5-13(21)9-18(15)29-19(22)23/h3-11,17,19H,1-2H3,(H,24,25,26)/t17-/m0/s1. The van der Waals surface area contributed by atoms with Crippen LogP contribution in [0.3, 0.4) is 0 Å². The smallest absolute Gasteiger partial charge is 0.387 e. The van der Waals surface area contributed by atoms with E-state index >= 15 is 0 Å². The molecule has 1 atom stereocenters. The van der Waals surface area contributed by atoms with Gasteiger partial charge in [-0.1, -0.05) is 23.7 Å². The Bertz CT molecular complexity index is 1050. The van der Waals surface area contributed by atoms with Gasteiger partial charge >= 0.3 is 6.61 Å². The first kappa shape index (κ1) is 19.2. The molecule has 9 heteroatoms. The molecule has 3 aromatic rings. The van der Waals surface area contributed by atoms with Gasteiger partial charge in [0.25, 0.3) is 0 Å². The lowest BCUT2D eigenvalue weighted by atomic mass is 10.0. The molecule has 0 bridgehead atoms. The molecule has 0 fully saturated rings. The number of anilines is 2. The molecule has 0 spiro atoms. The molecule has 0 amide bonds. The van der Waals surface area contributed by atoms with E-state index in [1.54, 1.807) is 16.8 Å². The predicted molar refractivity (Wildman–Crippen MR) is 109 cm³/mol. The average molecular weight is 418 g/mol. The molecule has 1 aliphatic rings. The molecular weight excluding hydrogens is 400 g/mol. The minimum atomic E-state index is -2.96. The van der Waals surface area contributed by atoms with Gasteiger partial charge < -0.3 is 15.0 Å². The molecule has 4 rings (SSSR count). The highest BCUT2D eigenvalue weighted by Gasteiger charge is 2.25. The van der Waals surface area contributed by atoms with Gasteiger partial charge in [0, 0.05) is 30.4 Å². The summed E-state index contributed by atoms with van der Waals surface area (Å²) < 4.78 is 32.2. The van der Waals surface area contributed by atoms with E-state index in [0.717, 1.165) is 11.3 Å². The topological polar surface area (TPSA) is 55.2 Å². The maximum Gasteiger partial charge on any atom is 0.387 e. The number of nitrogens with zero attached hydrogens (tertiary/aromatic N) is 4. The van der Waals surface area contributed by atoms with Gasteiger partial charge in [0.2, 0.25) is 5.95 Å². The Hall–Kier alpha value is -3.13. The van der Waals surface area contributed by atoms with Crippen molar-refractivity contribution in [3.63, 3.8) is 0 Å². The number of halogens is 3. The van der Waals surface area contributed by atoms with E-state index in [-0.39, 0.29) is 11.8 Å². The quantitative estimate of drug-likeness (QED) is 0.654. The third-order valence-corrected chi connectivity index (χ3v) is 4.84. The lowest BCUT2D eigenvalue weighted by Crippen LogP contribution is -2.21. The molecule has 150 valence electrons. The first-order valence-corrected chi connectivity index (χ1v) is 9.20. The number of benzene rings is 2. The fourth-order valence-electron chi connectivity index (χ4n) is 3.21. The third kappa shape index (κ3) is 3.88. The summed E-state index contributed by atoms with van der Waals surface area (Å²) in [6.07, 6.45) is 3.34. The van der Waals surface area contributed by atoms with E-state index < -0.39 is 6.61 Å². The van der Waals surface area contributed by atoms with Crippen LogP contribution in [0, 0.1) is 0 Å². The number of allylic oxidation sites excluding steroid dienone is 1. The molecule has 1 aliphatic heterocycles. The van der Waals surface area contributed by atoms with Crippen LogP contribution < -0.4 is 15.0 Å². The van der Waals surface area contributed by atoms with Crippen LogP contribution in [-0.2, 0) is 0 Å². The zero-order valence-corrected chi connectivity index (χ0v) is 16.4. The molecule has 1 N–H and O–H groups in total. The summed E-state index contributed by atoms with van der Waals surface area (Å²) in [6.45, 7) is -2.96. The fourth-order valence-corrected chi connectivity index (χ4v) is 3.37. The highest BCUT2D eigenvalue weighted by Crippen LogP contribution is 2.37. The number of rotatable bonds is 5. The molecule has 1 aromatic heterocycles. The summed E-state index contributed by atoms with van der Waals surface area (Å²) in [5, 5.41) is 7.74. The maximum absolute atomic E-state index is 12.9. The van der Waals surface area contributed by atoms with Gasteiger partial charge in [0.15, 0.2) is 0 Å². The van der Waals surface area contributed by atoms with Crippen LogP contribution in [0.4, 0.5) is 20.4 Å². The number of hydrogen-bond acceptors (Lipinski definition) is 5. The monoisotopic (exact) mass is 417 g/mol. The Kier molecular flexibility index (Phi) is 5.10. The Morgan fingerprint density at radius 2 is 1.93 bits per heavy atom.